The van der Waals surface area contributed by atoms with Crippen molar-refractivity contribution in [3.63, 3.8) is 0 Å². The summed E-state index contributed by atoms with van der Waals surface area (Å²) in [6.45, 7) is -0.163. The molecule has 0 unspecified atom stereocenters. The zero-order valence-electron chi connectivity index (χ0n) is 13.1. The Morgan fingerprint density at radius 3 is 2.38 bits per heavy atom. The zero-order valence-corrected chi connectivity index (χ0v) is 15.4. The Kier molecular flexibility index (Phi) is 6.54. The van der Waals surface area contributed by atoms with Crippen molar-refractivity contribution in [1.29, 1.82) is 0 Å². The molecule has 0 aliphatic rings. The number of benzene rings is 2. The minimum Gasteiger partial charge on any atom is -0.325 e. The molecule has 0 spiro atoms. The van der Waals surface area contributed by atoms with Crippen LogP contribution in [0.2, 0.25) is 10.0 Å². The third-order valence-corrected chi connectivity index (χ3v) is 5.52. The van der Waals surface area contributed by atoms with Crippen molar-refractivity contribution in [2.24, 2.45) is 0 Å². The average molecular weight is 418 g/mol. The van der Waals surface area contributed by atoms with E-state index in [-0.39, 0.29) is 33.6 Å². The number of nitrogens with zero attached hydrogens (tertiary/aromatic N) is 1. The summed E-state index contributed by atoms with van der Waals surface area (Å²) in [5.74, 6) is -0.458. The van der Waals surface area contributed by atoms with Gasteiger partial charge in [0.1, 0.15) is 0 Å². The number of non-ortho nitro benzene ring substituents is 1. The highest BCUT2D eigenvalue weighted by molar-refractivity contribution is 7.89. The van der Waals surface area contributed by atoms with Crippen molar-refractivity contribution in [2.75, 3.05) is 11.9 Å². The van der Waals surface area contributed by atoms with Crippen LogP contribution in [-0.2, 0) is 14.8 Å². The highest BCUT2D eigenvalue weighted by atomic mass is 35.5. The molecule has 0 aliphatic heterocycles. The molecule has 0 saturated carbocycles. The van der Waals surface area contributed by atoms with Gasteiger partial charge in [0.2, 0.25) is 15.9 Å². The minimum absolute atomic E-state index is 0.138. The molecule has 11 heteroatoms. The number of sulfonamides is 1. The lowest BCUT2D eigenvalue weighted by Crippen LogP contribution is -2.27. The number of rotatable bonds is 7. The molecule has 2 aromatic carbocycles. The van der Waals surface area contributed by atoms with E-state index in [9.17, 15) is 23.3 Å². The van der Waals surface area contributed by atoms with Crippen LogP contribution in [0.15, 0.2) is 47.4 Å². The Balaban J connectivity index is 1.92. The number of carbonyl (C=O) groups is 1. The van der Waals surface area contributed by atoms with Gasteiger partial charge in [0.25, 0.3) is 5.69 Å². The first-order chi connectivity index (χ1) is 12.2. The van der Waals surface area contributed by atoms with Crippen LogP contribution in [0.4, 0.5) is 11.4 Å². The van der Waals surface area contributed by atoms with Gasteiger partial charge in [-0.3, -0.25) is 14.9 Å². The highest BCUT2D eigenvalue weighted by Gasteiger charge is 2.16. The van der Waals surface area contributed by atoms with Gasteiger partial charge in [0.15, 0.2) is 0 Å². The quantitative estimate of drug-likeness (QED) is 0.529. The molecule has 2 aromatic rings. The van der Waals surface area contributed by atoms with Crippen LogP contribution < -0.4 is 10.0 Å². The Hall–Kier alpha value is -2.20. The molecule has 138 valence electrons. The molecule has 0 fully saturated rings. The largest absolute Gasteiger partial charge is 0.325 e. The van der Waals surface area contributed by atoms with Crippen molar-refractivity contribution in [2.45, 2.75) is 11.3 Å². The lowest BCUT2D eigenvalue weighted by Gasteiger charge is -2.09. The fourth-order valence-electron chi connectivity index (χ4n) is 1.94. The first-order valence-corrected chi connectivity index (χ1v) is 9.42. The molecule has 0 aliphatic carbocycles. The fourth-order valence-corrected chi connectivity index (χ4v) is 3.32. The van der Waals surface area contributed by atoms with Gasteiger partial charge in [-0.15, -0.1) is 0 Å². The van der Waals surface area contributed by atoms with Crippen LogP contribution in [0.1, 0.15) is 6.42 Å². The van der Waals surface area contributed by atoms with Crippen molar-refractivity contribution in [3.05, 3.63) is 62.6 Å². The summed E-state index contributed by atoms with van der Waals surface area (Å²) in [6, 6.07) is 9.15. The summed E-state index contributed by atoms with van der Waals surface area (Å²) in [5, 5.41) is 13.6. The van der Waals surface area contributed by atoms with E-state index in [4.69, 9.17) is 23.2 Å². The summed E-state index contributed by atoms with van der Waals surface area (Å²) in [7, 11) is -3.89. The number of carbonyl (C=O) groups excluding carboxylic acids is 1. The second kappa shape index (κ2) is 8.45. The minimum atomic E-state index is -3.89. The first kappa shape index (κ1) is 20.1. The van der Waals surface area contributed by atoms with Crippen LogP contribution >= 0.6 is 23.2 Å². The summed E-state index contributed by atoms with van der Waals surface area (Å²) < 4.78 is 26.5. The number of amides is 1. The number of hydrogen-bond donors (Lipinski definition) is 2. The molecule has 2 rings (SSSR count). The van der Waals surface area contributed by atoms with E-state index < -0.39 is 20.9 Å². The second-order valence-electron chi connectivity index (χ2n) is 5.05. The fraction of sp³-hybridized carbons (Fsp3) is 0.133. The van der Waals surface area contributed by atoms with Gasteiger partial charge in [-0.2, -0.15) is 0 Å². The Morgan fingerprint density at radius 1 is 1.12 bits per heavy atom. The average Bonchev–Trinajstić information content (AvgIpc) is 2.59. The van der Waals surface area contributed by atoms with E-state index in [1.165, 1.54) is 0 Å². The van der Waals surface area contributed by atoms with E-state index in [0.29, 0.717) is 5.69 Å². The molecule has 2 N–H and O–H groups in total. The molecule has 1 amide bonds. The van der Waals surface area contributed by atoms with Crippen molar-refractivity contribution >= 4 is 50.5 Å². The summed E-state index contributed by atoms with van der Waals surface area (Å²) >= 11 is 11.8. The maximum absolute atomic E-state index is 12.1. The van der Waals surface area contributed by atoms with Gasteiger partial charge in [0.05, 0.1) is 25.6 Å². The van der Waals surface area contributed by atoms with Crippen molar-refractivity contribution in [3.8, 4) is 0 Å². The molecular formula is C15H13Cl2N3O5S. The van der Waals surface area contributed by atoms with Gasteiger partial charge >= 0.3 is 0 Å². The Labute approximate surface area is 159 Å². The van der Waals surface area contributed by atoms with E-state index in [1.54, 1.807) is 18.2 Å². The summed E-state index contributed by atoms with van der Waals surface area (Å²) in [4.78, 5) is 21.7. The number of nitrogens with one attached hydrogen (secondary N) is 2. The third-order valence-electron chi connectivity index (χ3n) is 3.23. The number of anilines is 1. The van der Waals surface area contributed by atoms with Crippen LogP contribution in [0.3, 0.4) is 0 Å². The molecule has 26 heavy (non-hydrogen) atoms. The SMILES string of the molecule is O=C(CCNS(=O)(=O)c1ccc([N+](=O)[O-])cc1)Nc1cccc(Cl)c1Cl. The third kappa shape index (κ3) is 5.15. The topological polar surface area (TPSA) is 118 Å². The van der Waals surface area contributed by atoms with Crippen LogP contribution in [0, 0.1) is 10.1 Å². The summed E-state index contributed by atoms with van der Waals surface area (Å²) in [6.07, 6.45) is -0.144. The van der Waals surface area contributed by atoms with Gasteiger partial charge in [-0.05, 0) is 24.3 Å². The normalized spacial score (nSPS) is 11.2. The highest BCUT2D eigenvalue weighted by Crippen LogP contribution is 2.29. The number of halogens is 2. The molecule has 0 bridgehead atoms. The van der Waals surface area contributed by atoms with Gasteiger partial charge < -0.3 is 5.32 Å². The van der Waals surface area contributed by atoms with Crippen molar-refractivity contribution < 1.29 is 18.1 Å². The molecule has 0 radical (unpaired) electrons. The van der Waals surface area contributed by atoms with E-state index in [0.717, 1.165) is 24.3 Å². The molecule has 0 saturated heterocycles. The molecule has 0 atom stereocenters. The van der Waals surface area contributed by atoms with Gasteiger partial charge in [-0.1, -0.05) is 29.3 Å². The Bertz CT molecular complexity index is 933. The van der Waals surface area contributed by atoms with E-state index in [1.807, 2.05) is 0 Å². The standard InChI is InChI=1S/C15H13Cl2N3O5S/c16-12-2-1-3-13(15(12)17)19-14(21)8-9-18-26(24,25)11-6-4-10(5-7-11)20(22)23/h1-7,18H,8-9H2,(H,19,21). The lowest BCUT2D eigenvalue weighted by atomic mass is 10.3. The van der Waals surface area contributed by atoms with Gasteiger partial charge in [-0.25, -0.2) is 13.1 Å². The smallest absolute Gasteiger partial charge is 0.269 e. The molecule has 0 heterocycles. The van der Waals surface area contributed by atoms with Gasteiger partial charge in [0, 0.05) is 25.1 Å². The number of nitro benzene ring substituents is 1. The van der Waals surface area contributed by atoms with Crippen LogP contribution in [-0.4, -0.2) is 25.8 Å². The predicted octanol–water partition coefficient (Wildman–Crippen LogP) is 3.21. The monoisotopic (exact) mass is 417 g/mol. The predicted molar refractivity (Wildman–Crippen MR) is 98.0 cm³/mol. The summed E-state index contributed by atoms with van der Waals surface area (Å²) in [5.41, 5.74) is 0.101. The first-order valence-electron chi connectivity index (χ1n) is 7.18. The lowest BCUT2D eigenvalue weighted by molar-refractivity contribution is -0.384. The van der Waals surface area contributed by atoms with Crippen LogP contribution in [0.25, 0.3) is 0 Å². The van der Waals surface area contributed by atoms with Crippen LogP contribution in [0.5, 0.6) is 0 Å². The maximum atomic E-state index is 12.1. The zero-order chi connectivity index (χ0) is 19.3. The van der Waals surface area contributed by atoms with E-state index >= 15 is 0 Å². The van der Waals surface area contributed by atoms with E-state index in [2.05, 4.69) is 10.0 Å². The van der Waals surface area contributed by atoms with Crippen molar-refractivity contribution in [1.82, 2.24) is 4.72 Å². The maximum Gasteiger partial charge on any atom is 0.269 e. The number of hydrogen-bond acceptors (Lipinski definition) is 5. The second-order valence-corrected chi connectivity index (χ2v) is 7.60. The Morgan fingerprint density at radius 2 is 1.77 bits per heavy atom. The number of nitro groups is 1. The molecular weight excluding hydrogens is 405 g/mol. The molecule has 0 aromatic heterocycles. The molecule has 8 nitrogen and oxygen atoms in total.